The van der Waals surface area contributed by atoms with Crippen molar-refractivity contribution in [2.24, 2.45) is 0 Å². The summed E-state index contributed by atoms with van der Waals surface area (Å²) in [5, 5.41) is 5.84. The Hall–Kier alpha value is -3.80. The number of methoxy groups -OCH3 is 1. The molecule has 4 rings (SSSR count). The van der Waals surface area contributed by atoms with Crippen molar-refractivity contribution in [1.29, 1.82) is 0 Å². The predicted molar refractivity (Wildman–Crippen MR) is 116 cm³/mol. The van der Waals surface area contributed by atoms with Crippen LogP contribution in [-0.4, -0.2) is 22.5 Å². The van der Waals surface area contributed by atoms with Gasteiger partial charge in [-0.05, 0) is 43.7 Å². The normalized spacial score (nSPS) is 10.7. The maximum absolute atomic E-state index is 12.8. The second-order valence-corrected chi connectivity index (χ2v) is 6.89. The van der Waals surface area contributed by atoms with Crippen LogP contribution in [0.2, 0.25) is 0 Å². The third-order valence-electron chi connectivity index (χ3n) is 4.69. The third kappa shape index (κ3) is 3.78. The Bertz CT molecular complexity index is 1180. The van der Waals surface area contributed by atoms with Gasteiger partial charge in [-0.2, -0.15) is 0 Å². The number of ether oxygens (including phenoxy) is 1. The Labute approximate surface area is 169 Å². The molecule has 4 aromatic rings. The number of aromatic nitrogens is 2. The second kappa shape index (κ2) is 7.67. The van der Waals surface area contributed by atoms with Gasteiger partial charge in [-0.15, -0.1) is 0 Å². The number of benzene rings is 2. The molecule has 0 spiro atoms. The summed E-state index contributed by atoms with van der Waals surface area (Å²) in [6.07, 6.45) is 1.88. The van der Waals surface area contributed by atoms with E-state index >= 15 is 0 Å². The first-order valence-electron chi connectivity index (χ1n) is 9.32. The van der Waals surface area contributed by atoms with Crippen molar-refractivity contribution in [2.45, 2.75) is 13.8 Å². The molecule has 2 heterocycles. The van der Waals surface area contributed by atoms with Gasteiger partial charge in [0.05, 0.1) is 12.8 Å². The van der Waals surface area contributed by atoms with Gasteiger partial charge in [-0.3, -0.25) is 9.72 Å². The van der Waals surface area contributed by atoms with E-state index in [0.29, 0.717) is 22.9 Å². The Balaban J connectivity index is 1.70. The Morgan fingerprint density at radius 1 is 0.966 bits per heavy atom. The molecule has 0 bridgehead atoms. The third-order valence-corrected chi connectivity index (χ3v) is 4.69. The quantitative estimate of drug-likeness (QED) is 0.502. The van der Waals surface area contributed by atoms with E-state index in [0.717, 1.165) is 22.3 Å². The zero-order valence-corrected chi connectivity index (χ0v) is 16.6. The number of anilines is 2. The van der Waals surface area contributed by atoms with Crippen molar-refractivity contribution in [3.63, 3.8) is 0 Å². The van der Waals surface area contributed by atoms with Crippen molar-refractivity contribution >= 4 is 23.2 Å². The number of rotatable bonds is 4. The van der Waals surface area contributed by atoms with Crippen LogP contribution in [0.15, 0.2) is 66.9 Å². The van der Waals surface area contributed by atoms with Crippen LogP contribution in [0.3, 0.4) is 0 Å². The van der Waals surface area contributed by atoms with Crippen LogP contribution >= 0.6 is 0 Å². The molecule has 0 aliphatic carbocycles. The predicted octanol–water partition coefficient (Wildman–Crippen LogP) is 5.27. The van der Waals surface area contributed by atoms with Crippen LogP contribution in [0.25, 0.3) is 16.9 Å². The van der Waals surface area contributed by atoms with Crippen molar-refractivity contribution in [3.8, 4) is 17.0 Å². The molecule has 6 nitrogen and oxygen atoms in total. The van der Waals surface area contributed by atoms with Crippen LogP contribution in [0.5, 0.6) is 5.75 Å². The minimum absolute atomic E-state index is 0.368. The van der Waals surface area contributed by atoms with Crippen molar-refractivity contribution in [3.05, 3.63) is 78.0 Å². The van der Waals surface area contributed by atoms with Crippen LogP contribution in [0.4, 0.5) is 16.3 Å². The van der Waals surface area contributed by atoms with Crippen LogP contribution in [-0.2, 0) is 0 Å². The molecule has 2 amide bonds. The molecule has 0 unspecified atom stereocenters. The minimum atomic E-state index is -0.368. The molecule has 0 saturated carbocycles. The lowest BCUT2D eigenvalue weighted by atomic mass is 10.1. The summed E-state index contributed by atoms with van der Waals surface area (Å²) in [6, 6.07) is 19.1. The standard InChI is InChI=1S/C23H22N4O2/c1-15-7-10-17(11-8-15)21-22(27-13-5-4-6-20(27)25-21)26-23(28)24-18-14-16(2)9-12-19(18)29-3/h4-14H,1-3H3,(H2,24,26,28). The number of imidazole rings is 1. The molecule has 6 heteroatoms. The van der Waals surface area contributed by atoms with Gasteiger partial charge in [-0.1, -0.05) is 42.0 Å². The highest BCUT2D eigenvalue weighted by Gasteiger charge is 2.17. The maximum atomic E-state index is 12.8. The summed E-state index contributed by atoms with van der Waals surface area (Å²) in [5.41, 5.74) is 5.19. The topological polar surface area (TPSA) is 67.7 Å². The van der Waals surface area contributed by atoms with Gasteiger partial charge >= 0.3 is 6.03 Å². The van der Waals surface area contributed by atoms with Gasteiger partial charge in [0.2, 0.25) is 0 Å². The summed E-state index contributed by atoms with van der Waals surface area (Å²) in [5.74, 6) is 1.20. The minimum Gasteiger partial charge on any atom is -0.495 e. The summed E-state index contributed by atoms with van der Waals surface area (Å²) < 4.78 is 7.21. The number of carbonyl (C=O) groups excluding carboxylic acids is 1. The van der Waals surface area contributed by atoms with E-state index in [2.05, 4.69) is 10.6 Å². The molecule has 0 aliphatic heterocycles. The number of carbonyl (C=O) groups is 1. The molecule has 0 fully saturated rings. The molecule has 146 valence electrons. The van der Waals surface area contributed by atoms with Gasteiger partial charge in [0.1, 0.15) is 22.9 Å². The molecule has 2 N–H and O–H groups in total. The zero-order valence-electron chi connectivity index (χ0n) is 16.6. The average Bonchev–Trinajstić information content (AvgIpc) is 3.07. The summed E-state index contributed by atoms with van der Waals surface area (Å²) >= 11 is 0. The van der Waals surface area contributed by atoms with Crippen LogP contribution < -0.4 is 15.4 Å². The van der Waals surface area contributed by atoms with Gasteiger partial charge in [0.25, 0.3) is 0 Å². The lowest BCUT2D eigenvalue weighted by molar-refractivity contribution is 0.262. The first-order chi connectivity index (χ1) is 14.0. The first-order valence-corrected chi connectivity index (χ1v) is 9.32. The highest BCUT2D eigenvalue weighted by Crippen LogP contribution is 2.30. The molecule has 0 saturated heterocycles. The number of hydrogen-bond donors (Lipinski definition) is 2. The number of hydrogen-bond acceptors (Lipinski definition) is 3. The van der Waals surface area contributed by atoms with Crippen LogP contribution in [0, 0.1) is 13.8 Å². The molecular weight excluding hydrogens is 364 g/mol. The summed E-state index contributed by atoms with van der Waals surface area (Å²) in [7, 11) is 1.58. The highest BCUT2D eigenvalue weighted by atomic mass is 16.5. The fraction of sp³-hybridized carbons (Fsp3) is 0.130. The van der Waals surface area contributed by atoms with Gasteiger partial charge < -0.3 is 10.1 Å². The Morgan fingerprint density at radius 2 is 1.72 bits per heavy atom. The average molecular weight is 386 g/mol. The van der Waals surface area contributed by atoms with E-state index in [1.54, 1.807) is 7.11 Å². The number of nitrogens with zero attached hydrogens (tertiary/aromatic N) is 2. The van der Waals surface area contributed by atoms with E-state index in [-0.39, 0.29) is 6.03 Å². The molecule has 29 heavy (non-hydrogen) atoms. The van der Waals surface area contributed by atoms with E-state index in [9.17, 15) is 4.79 Å². The van der Waals surface area contributed by atoms with Gasteiger partial charge in [0.15, 0.2) is 0 Å². The fourth-order valence-electron chi connectivity index (χ4n) is 3.21. The second-order valence-electron chi connectivity index (χ2n) is 6.89. The summed E-state index contributed by atoms with van der Waals surface area (Å²) in [4.78, 5) is 17.5. The molecule has 0 radical (unpaired) electrons. The Morgan fingerprint density at radius 3 is 2.48 bits per heavy atom. The van der Waals surface area contributed by atoms with Gasteiger partial charge in [0, 0.05) is 11.8 Å². The molecule has 2 aromatic heterocycles. The first kappa shape index (κ1) is 18.6. The number of fused-ring (bicyclic) bond motifs is 1. The summed E-state index contributed by atoms with van der Waals surface area (Å²) in [6.45, 7) is 4.00. The monoisotopic (exact) mass is 386 g/mol. The molecular formula is C23H22N4O2. The maximum Gasteiger partial charge on any atom is 0.324 e. The number of nitrogens with one attached hydrogen (secondary N) is 2. The van der Waals surface area contributed by atoms with E-state index in [1.165, 1.54) is 0 Å². The van der Waals surface area contributed by atoms with Crippen LogP contribution in [0.1, 0.15) is 11.1 Å². The zero-order chi connectivity index (χ0) is 20.4. The number of urea groups is 1. The van der Waals surface area contributed by atoms with E-state index in [1.807, 2.05) is 85.1 Å². The van der Waals surface area contributed by atoms with Crippen molar-refractivity contribution < 1.29 is 9.53 Å². The number of pyridine rings is 1. The largest absolute Gasteiger partial charge is 0.495 e. The highest BCUT2D eigenvalue weighted by molar-refractivity contribution is 6.02. The van der Waals surface area contributed by atoms with Crippen molar-refractivity contribution in [1.82, 2.24) is 9.38 Å². The van der Waals surface area contributed by atoms with E-state index < -0.39 is 0 Å². The number of aryl methyl sites for hydroxylation is 2. The number of amides is 2. The lowest BCUT2D eigenvalue weighted by Gasteiger charge is -2.13. The molecule has 2 aromatic carbocycles. The molecule has 0 atom stereocenters. The smallest absolute Gasteiger partial charge is 0.324 e. The Kier molecular flexibility index (Phi) is 4.91. The SMILES string of the molecule is COc1ccc(C)cc1NC(=O)Nc1c(-c2ccc(C)cc2)nc2ccccn12. The fourth-order valence-corrected chi connectivity index (χ4v) is 3.21. The lowest BCUT2D eigenvalue weighted by Crippen LogP contribution is -2.21. The van der Waals surface area contributed by atoms with E-state index in [4.69, 9.17) is 9.72 Å². The van der Waals surface area contributed by atoms with Gasteiger partial charge in [-0.25, -0.2) is 9.78 Å². The van der Waals surface area contributed by atoms with Crippen molar-refractivity contribution in [2.75, 3.05) is 17.7 Å². The molecule has 0 aliphatic rings.